The maximum absolute atomic E-state index is 11.3. The lowest BCUT2D eigenvalue weighted by molar-refractivity contribution is -0.383. The van der Waals surface area contributed by atoms with Gasteiger partial charge in [-0.25, -0.2) is 0 Å². The minimum absolute atomic E-state index is 0.0512. The van der Waals surface area contributed by atoms with Gasteiger partial charge in [-0.3, -0.25) is 10.1 Å². The van der Waals surface area contributed by atoms with Crippen LogP contribution in [0.4, 0.5) is 17.1 Å². The predicted octanol–water partition coefficient (Wildman–Crippen LogP) is 3.77. The summed E-state index contributed by atoms with van der Waals surface area (Å²) in [5.74, 6) is 0. The molecule has 0 spiro atoms. The van der Waals surface area contributed by atoms with Crippen molar-refractivity contribution < 1.29 is 4.92 Å². The Hall–Kier alpha value is -1.78. The molecule has 0 saturated heterocycles. The Balaban J connectivity index is 2.33. The number of nitro benzene ring substituents is 1. The molecule has 1 aliphatic carbocycles. The molecule has 0 unspecified atom stereocenters. The van der Waals surface area contributed by atoms with E-state index in [1.54, 1.807) is 12.1 Å². The van der Waals surface area contributed by atoms with Crippen molar-refractivity contribution in [3.63, 3.8) is 0 Å². The van der Waals surface area contributed by atoms with Crippen molar-refractivity contribution in [2.24, 2.45) is 0 Å². The SMILES string of the molecule is CCNc1cccc(NC2(CC)CCC2)c1[N+](=O)[O-]. The molecular formula is C14H21N3O2. The van der Waals surface area contributed by atoms with Crippen molar-refractivity contribution in [3.8, 4) is 0 Å². The first-order chi connectivity index (χ1) is 9.12. The number of nitrogens with zero attached hydrogens (tertiary/aromatic N) is 1. The normalized spacial score (nSPS) is 16.5. The van der Waals surface area contributed by atoms with Gasteiger partial charge in [0.2, 0.25) is 0 Å². The molecule has 1 saturated carbocycles. The van der Waals surface area contributed by atoms with Gasteiger partial charge >= 0.3 is 5.69 Å². The molecule has 104 valence electrons. The van der Waals surface area contributed by atoms with Crippen LogP contribution in [0, 0.1) is 10.1 Å². The first-order valence-electron chi connectivity index (χ1n) is 6.91. The Bertz CT molecular complexity index is 464. The van der Waals surface area contributed by atoms with E-state index in [0.717, 1.165) is 19.3 Å². The molecule has 0 aromatic heterocycles. The van der Waals surface area contributed by atoms with E-state index in [0.29, 0.717) is 17.9 Å². The quantitative estimate of drug-likeness (QED) is 0.605. The predicted molar refractivity (Wildman–Crippen MR) is 77.8 cm³/mol. The molecule has 0 amide bonds. The van der Waals surface area contributed by atoms with Crippen LogP contribution in [0.15, 0.2) is 18.2 Å². The number of benzene rings is 1. The van der Waals surface area contributed by atoms with Crippen LogP contribution in [0.5, 0.6) is 0 Å². The number of hydrogen-bond donors (Lipinski definition) is 2. The Labute approximate surface area is 113 Å². The van der Waals surface area contributed by atoms with E-state index < -0.39 is 0 Å². The van der Waals surface area contributed by atoms with Gasteiger partial charge in [-0.1, -0.05) is 13.0 Å². The number of para-hydroxylation sites is 1. The van der Waals surface area contributed by atoms with Crippen LogP contribution < -0.4 is 10.6 Å². The summed E-state index contributed by atoms with van der Waals surface area (Å²) in [6.45, 7) is 4.73. The van der Waals surface area contributed by atoms with E-state index in [-0.39, 0.29) is 16.1 Å². The van der Waals surface area contributed by atoms with Crippen LogP contribution in [0.1, 0.15) is 39.5 Å². The fourth-order valence-corrected chi connectivity index (χ4v) is 2.63. The van der Waals surface area contributed by atoms with Crippen LogP contribution in [-0.4, -0.2) is 17.0 Å². The molecular weight excluding hydrogens is 242 g/mol. The number of nitro groups is 1. The Kier molecular flexibility index (Phi) is 3.93. The van der Waals surface area contributed by atoms with Crippen LogP contribution >= 0.6 is 0 Å². The Morgan fingerprint density at radius 3 is 2.47 bits per heavy atom. The standard InChI is InChI=1S/C14H21N3O2/c1-3-14(9-6-10-14)16-12-8-5-7-11(15-4-2)13(12)17(18)19/h5,7-8,15-16H,3-4,6,9-10H2,1-2H3. The second kappa shape index (κ2) is 5.47. The highest BCUT2D eigenvalue weighted by Crippen LogP contribution is 2.41. The lowest BCUT2D eigenvalue weighted by atomic mass is 9.74. The molecule has 0 atom stereocenters. The summed E-state index contributed by atoms with van der Waals surface area (Å²) in [6.07, 6.45) is 4.37. The van der Waals surface area contributed by atoms with Gasteiger partial charge in [-0.05, 0) is 44.7 Å². The molecule has 1 aromatic rings. The van der Waals surface area contributed by atoms with Crippen molar-refractivity contribution in [1.29, 1.82) is 0 Å². The van der Waals surface area contributed by atoms with Crippen LogP contribution in [-0.2, 0) is 0 Å². The lowest BCUT2D eigenvalue weighted by Gasteiger charge is -2.42. The first-order valence-corrected chi connectivity index (χ1v) is 6.91. The van der Waals surface area contributed by atoms with Gasteiger partial charge in [0.25, 0.3) is 0 Å². The third-order valence-electron chi connectivity index (χ3n) is 3.97. The monoisotopic (exact) mass is 263 g/mol. The van der Waals surface area contributed by atoms with Crippen LogP contribution in [0.2, 0.25) is 0 Å². The molecule has 1 aromatic carbocycles. The third kappa shape index (κ3) is 2.64. The molecule has 0 aliphatic heterocycles. The van der Waals surface area contributed by atoms with Gasteiger partial charge in [0.1, 0.15) is 11.4 Å². The molecule has 1 fully saturated rings. The molecule has 0 bridgehead atoms. The molecule has 2 N–H and O–H groups in total. The second-order valence-corrected chi connectivity index (χ2v) is 5.10. The Morgan fingerprint density at radius 1 is 1.32 bits per heavy atom. The zero-order valence-electron chi connectivity index (χ0n) is 11.5. The fraction of sp³-hybridized carbons (Fsp3) is 0.571. The number of anilines is 2. The van der Waals surface area contributed by atoms with Gasteiger partial charge in [0.05, 0.1) is 4.92 Å². The van der Waals surface area contributed by atoms with Crippen molar-refractivity contribution >= 4 is 17.1 Å². The first kappa shape index (κ1) is 13.6. The van der Waals surface area contributed by atoms with E-state index >= 15 is 0 Å². The molecule has 0 radical (unpaired) electrons. The highest BCUT2D eigenvalue weighted by Gasteiger charge is 2.36. The lowest BCUT2D eigenvalue weighted by Crippen LogP contribution is -2.44. The minimum atomic E-state index is -0.303. The Morgan fingerprint density at radius 2 is 2.00 bits per heavy atom. The van der Waals surface area contributed by atoms with E-state index in [4.69, 9.17) is 0 Å². The summed E-state index contributed by atoms with van der Waals surface area (Å²) in [7, 11) is 0. The van der Waals surface area contributed by atoms with Gasteiger partial charge in [0.15, 0.2) is 0 Å². The zero-order valence-corrected chi connectivity index (χ0v) is 11.5. The highest BCUT2D eigenvalue weighted by atomic mass is 16.6. The van der Waals surface area contributed by atoms with E-state index in [1.807, 2.05) is 13.0 Å². The average Bonchev–Trinajstić information content (AvgIpc) is 2.34. The van der Waals surface area contributed by atoms with Crippen molar-refractivity contribution in [1.82, 2.24) is 0 Å². The fourth-order valence-electron chi connectivity index (χ4n) is 2.63. The third-order valence-corrected chi connectivity index (χ3v) is 3.97. The highest BCUT2D eigenvalue weighted by molar-refractivity contribution is 5.76. The molecule has 2 rings (SSSR count). The number of nitrogens with one attached hydrogen (secondary N) is 2. The summed E-state index contributed by atoms with van der Waals surface area (Å²) in [4.78, 5) is 11.0. The largest absolute Gasteiger partial charge is 0.380 e. The van der Waals surface area contributed by atoms with E-state index in [9.17, 15) is 10.1 Å². The molecule has 0 heterocycles. The summed E-state index contributed by atoms with van der Waals surface area (Å²) in [6, 6.07) is 5.41. The second-order valence-electron chi connectivity index (χ2n) is 5.10. The van der Waals surface area contributed by atoms with E-state index in [2.05, 4.69) is 17.6 Å². The van der Waals surface area contributed by atoms with Crippen LogP contribution in [0.3, 0.4) is 0 Å². The van der Waals surface area contributed by atoms with Gasteiger partial charge in [0, 0.05) is 12.1 Å². The summed E-state index contributed by atoms with van der Waals surface area (Å²) >= 11 is 0. The minimum Gasteiger partial charge on any atom is -0.380 e. The van der Waals surface area contributed by atoms with Gasteiger partial charge in [-0.2, -0.15) is 0 Å². The van der Waals surface area contributed by atoms with Crippen molar-refractivity contribution in [2.45, 2.75) is 45.1 Å². The molecule has 5 nitrogen and oxygen atoms in total. The number of hydrogen-bond acceptors (Lipinski definition) is 4. The smallest absolute Gasteiger partial charge is 0.315 e. The van der Waals surface area contributed by atoms with Crippen molar-refractivity contribution in [2.75, 3.05) is 17.2 Å². The zero-order chi connectivity index (χ0) is 13.9. The van der Waals surface area contributed by atoms with E-state index in [1.165, 1.54) is 6.42 Å². The van der Waals surface area contributed by atoms with Gasteiger partial charge < -0.3 is 10.6 Å². The topological polar surface area (TPSA) is 67.2 Å². The average molecular weight is 263 g/mol. The summed E-state index contributed by atoms with van der Waals surface area (Å²) < 4.78 is 0. The van der Waals surface area contributed by atoms with Crippen LogP contribution in [0.25, 0.3) is 0 Å². The number of rotatable bonds is 6. The summed E-state index contributed by atoms with van der Waals surface area (Å²) in [5, 5.41) is 17.8. The maximum atomic E-state index is 11.3. The molecule has 19 heavy (non-hydrogen) atoms. The van der Waals surface area contributed by atoms with Crippen molar-refractivity contribution in [3.05, 3.63) is 28.3 Å². The van der Waals surface area contributed by atoms with Gasteiger partial charge in [-0.15, -0.1) is 0 Å². The summed E-state index contributed by atoms with van der Waals surface area (Å²) in [5.41, 5.74) is 1.42. The molecule has 5 heteroatoms. The molecule has 1 aliphatic rings. The maximum Gasteiger partial charge on any atom is 0.315 e.